The van der Waals surface area contributed by atoms with Crippen LogP contribution in [0.2, 0.25) is 5.02 Å². The van der Waals surface area contributed by atoms with Crippen molar-refractivity contribution in [1.82, 2.24) is 4.90 Å². The lowest BCUT2D eigenvalue weighted by Gasteiger charge is -2.30. The molecule has 1 rings (SSSR count). The number of ether oxygens (including phenoxy) is 1. The Morgan fingerprint density at radius 2 is 2.10 bits per heavy atom. The van der Waals surface area contributed by atoms with Gasteiger partial charge in [-0.1, -0.05) is 47.4 Å². The molecule has 20 heavy (non-hydrogen) atoms. The molecule has 0 aliphatic carbocycles. The molecule has 0 aliphatic rings. The summed E-state index contributed by atoms with van der Waals surface area (Å²) >= 11 is 9.28. The predicted octanol–water partition coefficient (Wildman–Crippen LogP) is 4.13. The molecule has 0 saturated carbocycles. The van der Waals surface area contributed by atoms with Crippen molar-refractivity contribution in [3.63, 3.8) is 0 Å². The summed E-state index contributed by atoms with van der Waals surface area (Å²) in [5, 5.41) is 1.37. The Balaban J connectivity index is 2.62. The van der Waals surface area contributed by atoms with Crippen molar-refractivity contribution < 1.29 is 9.53 Å². The zero-order chi connectivity index (χ0) is 15.0. The first kappa shape index (κ1) is 17.3. The van der Waals surface area contributed by atoms with Crippen LogP contribution in [0.15, 0.2) is 24.3 Å². The summed E-state index contributed by atoms with van der Waals surface area (Å²) in [7, 11) is 0. The third kappa shape index (κ3) is 5.33. The van der Waals surface area contributed by atoms with E-state index in [0.29, 0.717) is 17.3 Å². The summed E-state index contributed by atoms with van der Waals surface area (Å²) in [6.07, 6.45) is 1.90. The van der Waals surface area contributed by atoms with Gasteiger partial charge >= 0.3 is 0 Å². The summed E-state index contributed by atoms with van der Waals surface area (Å²) in [5.41, 5.74) is 0. The van der Waals surface area contributed by atoms with Crippen molar-refractivity contribution >= 4 is 33.4 Å². The van der Waals surface area contributed by atoms with E-state index < -0.39 is 0 Å². The van der Waals surface area contributed by atoms with Gasteiger partial charge in [0, 0.05) is 22.9 Å². The molecule has 0 spiro atoms. The Morgan fingerprint density at radius 3 is 2.65 bits per heavy atom. The second kappa shape index (κ2) is 9.24. The summed E-state index contributed by atoms with van der Waals surface area (Å²) in [6, 6.07) is 7.35. The Labute approximate surface area is 134 Å². The lowest BCUT2D eigenvalue weighted by molar-refractivity contribution is -0.135. The molecule has 0 aliphatic heterocycles. The van der Waals surface area contributed by atoms with E-state index in [1.165, 1.54) is 0 Å². The number of alkyl halides is 1. The molecule has 3 nitrogen and oxygen atoms in total. The standard InChI is InChI=1S/C15H21BrClNO2/c1-3-13(4-2)18(9-8-16)15(19)11-20-14-7-5-6-12(17)10-14/h5-7,10,13H,3-4,8-9,11H2,1-2H3. The van der Waals surface area contributed by atoms with Gasteiger partial charge < -0.3 is 9.64 Å². The predicted molar refractivity (Wildman–Crippen MR) is 86.8 cm³/mol. The molecule has 0 radical (unpaired) electrons. The molecule has 0 atom stereocenters. The maximum absolute atomic E-state index is 12.3. The number of hydrogen-bond donors (Lipinski definition) is 0. The Hall–Kier alpha value is -0.740. The SMILES string of the molecule is CCC(CC)N(CCBr)C(=O)COc1cccc(Cl)c1. The highest BCUT2D eigenvalue weighted by Gasteiger charge is 2.20. The molecule has 112 valence electrons. The minimum absolute atomic E-state index is 0.0122. The molecule has 0 saturated heterocycles. The normalized spacial score (nSPS) is 10.7. The summed E-state index contributed by atoms with van der Waals surface area (Å²) in [5.74, 6) is 0.632. The van der Waals surface area contributed by atoms with Crippen LogP contribution in [0, 0.1) is 0 Å². The number of carbonyl (C=O) groups excluding carboxylic acids is 1. The third-order valence-corrected chi connectivity index (χ3v) is 3.78. The number of rotatable bonds is 8. The van der Waals surface area contributed by atoms with E-state index in [1.807, 2.05) is 4.90 Å². The molecule has 1 aromatic carbocycles. The highest BCUT2D eigenvalue weighted by Crippen LogP contribution is 2.17. The number of hydrogen-bond acceptors (Lipinski definition) is 2. The zero-order valence-electron chi connectivity index (χ0n) is 11.9. The molecular formula is C15H21BrClNO2. The van der Waals surface area contributed by atoms with Crippen molar-refractivity contribution in [2.75, 3.05) is 18.5 Å². The number of carbonyl (C=O) groups is 1. The fourth-order valence-corrected chi connectivity index (χ4v) is 2.68. The van der Waals surface area contributed by atoms with Crippen molar-refractivity contribution in [3.05, 3.63) is 29.3 Å². The van der Waals surface area contributed by atoms with Crippen LogP contribution in [0.1, 0.15) is 26.7 Å². The largest absolute Gasteiger partial charge is 0.484 e. The average Bonchev–Trinajstić information content (AvgIpc) is 2.45. The zero-order valence-corrected chi connectivity index (χ0v) is 14.3. The molecule has 0 N–H and O–H groups in total. The van der Waals surface area contributed by atoms with Crippen LogP contribution in [0.5, 0.6) is 5.75 Å². The maximum atomic E-state index is 12.3. The van der Waals surface area contributed by atoms with Gasteiger partial charge in [-0.15, -0.1) is 0 Å². The first-order valence-electron chi connectivity index (χ1n) is 6.86. The minimum atomic E-state index is 0.0122. The smallest absolute Gasteiger partial charge is 0.260 e. The lowest BCUT2D eigenvalue weighted by Crippen LogP contribution is -2.43. The molecule has 0 unspecified atom stereocenters. The van der Waals surface area contributed by atoms with Gasteiger partial charge in [-0.05, 0) is 31.0 Å². The van der Waals surface area contributed by atoms with Crippen molar-refractivity contribution in [1.29, 1.82) is 0 Å². The molecule has 0 heterocycles. The molecule has 0 aromatic heterocycles. The van der Waals surface area contributed by atoms with Crippen LogP contribution < -0.4 is 4.74 Å². The molecule has 1 aromatic rings. The van der Waals surface area contributed by atoms with Crippen LogP contribution >= 0.6 is 27.5 Å². The molecule has 0 bridgehead atoms. The number of amides is 1. The number of halogens is 2. The Morgan fingerprint density at radius 1 is 1.40 bits per heavy atom. The molecule has 1 amide bonds. The first-order chi connectivity index (χ1) is 9.62. The van der Waals surface area contributed by atoms with E-state index in [4.69, 9.17) is 16.3 Å². The van der Waals surface area contributed by atoms with Crippen molar-refractivity contribution in [3.8, 4) is 5.75 Å². The van der Waals surface area contributed by atoms with E-state index in [2.05, 4.69) is 29.8 Å². The van der Waals surface area contributed by atoms with Crippen LogP contribution in [-0.4, -0.2) is 35.3 Å². The summed E-state index contributed by atoms with van der Waals surface area (Å²) < 4.78 is 5.52. The van der Waals surface area contributed by atoms with Crippen LogP contribution in [0.4, 0.5) is 0 Å². The first-order valence-corrected chi connectivity index (χ1v) is 8.36. The second-order valence-corrected chi connectivity index (χ2v) is 5.72. The Bertz CT molecular complexity index is 424. The van der Waals surface area contributed by atoms with E-state index in [1.54, 1.807) is 24.3 Å². The Kier molecular flexibility index (Phi) is 8.00. The van der Waals surface area contributed by atoms with Crippen LogP contribution in [0.3, 0.4) is 0 Å². The maximum Gasteiger partial charge on any atom is 0.260 e. The van der Waals surface area contributed by atoms with Gasteiger partial charge in [0.25, 0.3) is 5.91 Å². The highest BCUT2D eigenvalue weighted by atomic mass is 79.9. The van der Waals surface area contributed by atoms with Gasteiger partial charge in [-0.3, -0.25) is 4.79 Å². The fraction of sp³-hybridized carbons (Fsp3) is 0.533. The van der Waals surface area contributed by atoms with Gasteiger partial charge in [0.1, 0.15) is 5.75 Å². The number of benzene rings is 1. The van der Waals surface area contributed by atoms with Crippen LogP contribution in [-0.2, 0) is 4.79 Å². The third-order valence-electron chi connectivity index (χ3n) is 3.19. The van der Waals surface area contributed by atoms with Crippen molar-refractivity contribution in [2.24, 2.45) is 0 Å². The monoisotopic (exact) mass is 361 g/mol. The summed E-state index contributed by atoms with van der Waals surface area (Å²) in [4.78, 5) is 14.2. The molecular weight excluding hydrogens is 342 g/mol. The highest BCUT2D eigenvalue weighted by molar-refractivity contribution is 9.09. The van der Waals surface area contributed by atoms with E-state index >= 15 is 0 Å². The quantitative estimate of drug-likeness (QED) is 0.651. The van der Waals surface area contributed by atoms with Gasteiger partial charge in [0.05, 0.1) is 0 Å². The summed E-state index contributed by atoms with van der Waals surface area (Å²) in [6.45, 7) is 4.94. The second-order valence-electron chi connectivity index (χ2n) is 4.49. The van der Waals surface area contributed by atoms with E-state index in [9.17, 15) is 4.79 Å². The van der Waals surface area contributed by atoms with Gasteiger partial charge in [0.2, 0.25) is 0 Å². The van der Waals surface area contributed by atoms with Crippen LogP contribution in [0.25, 0.3) is 0 Å². The van der Waals surface area contributed by atoms with Crippen molar-refractivity contribution in [2.45, 2.75) is 32.7 Å². The lowest BCUT2D eigenvalue weighted by atomic mass is 10.1. The number of nitrogens with zero attached hydrogens (tertiary/aromatic N) is 1. The van der Waals surface area contributed by atoms with Gasteiger partial charge in [-0.25, -0.2) is 0 Å². The average molecular weight is 363 g/mol. The van der Waals surface area contributed by atoms with Gasteiger partial charge in [0.15, 0.2) is 6.61 Å². The van der Waals surface area contributed by atoms with Gasteiger partial charge in [-0.2, -0.15) is 0 Å². The van der Waals surface area contributed by atoms with E-state index in [0.717, 1.165) is 18.2 Å². The topological polar surface area (TPSA) is 29.5 Å². The van der Waals surface area contributed by atoms with E-state index in [-0.39, 0.29) is 18.6 Å². The fourth-order valence-electron chi connectivity index (χ4n) is 2.12. The molecule has 0 fully saturated rings. The molecule has 5 heteroatoms. The minimum Gasteiger partial charge on any atom is -0.484 e.